The Morgan fingerprint density at radius 3 is 3.08 bits per heavy atom. The van der Waals surface area contributed by atoms with Crippen LogP contribution >= 0.6 is 11.6 Å². The van der Waals surface area contributed by atoms with Crippen LogP contribution in [0, 0.1) is 0 Å². The van der Waals surface area contributed by atoms with Gasteiger partial charge in [-0.25, -0.2) is 0 Å². The van der Waals surface area contributed by atoms with E-state index >= 15 is 0 Å². The monoisotopic (exact) mass is 198 g/mol. The fourth-order valence-corrected chi connectivity index (χ4v) is 1.38. The normalized spacial score (nSPS) is 14.4. The van der Waals surface area contributed by atoms with Crippen LogP contribution in [0.3, 0.4) is 0 Å². The summed E-state index contributed by atoms with van der Waals surface area (Å²) in [4.78, 5) is 11.3. The van der Waals surface area contributed by atoms with Crippen molar-refractivity contribution in [2.24, 2.45) is 0 Å². The fraction of sp³-hybridized carbons (Fsp3) is 0.125. The van der Waals surface area contributed by atoms with E-state index in [0.717, 1.165) is 0 Å². The van der Waals surface area contributed by atoms with Gasteiger partial charge < -0.3 is 15.8 Å². The van der Waals surface area contributed by atoms with Crippen LogP contribution in [-0.2, 0) is 0 Å². The second-order valence-corrected chi connectivity index (χ2v) is 3.02. The van der Waals surface area contributed by atoms with E-state index in [0.29, 0.717) is 22.0 Å². The first kappa shape index (κ1) is 8.19. The molecule has 1 aromatic rings. The maximum atomic E-state index is 11.3. The Kier molecular flexibility index (Phi) is 1.77. The molecule has 1 aliphatic heterocycles. The molecule has 13 heavy (non-hydrogen) atoms. The molecule has 1 amide bonds. The predicted molar refractivity (Wildman–Crippen MR) is 48.8 cm³/mol. The van der Waals surface area contributed by atoms with E-state index < -0.39 is 0 Å². The minimum atomic E-state index is -0.192. The second-order valence-electron chi connectivity index (χ2n) is 2.64. The van der Waals surface area contributed by atoms with Gasteiger partial charge in [0.15, 0.2) is 12.5 Å². The summed E-state index contributed by atoms with van der Waals surface area (Å²) < 4.78 is 5.16. The lowest BCUT2D eigenvalue weighted by Crippen LogP contribution is -2.33. The second kappa shape index (κ2) is 2.81. The molecule has 0 fully saturated rings. The summed E-state index contributed by atoms with van der Waals surface area (Å²) in [6.07, 6.45) is 0. The number of ether oxygens (including phenoxy) is 1. The molecule has 0 saturated carbocycles. The molecule has 5 heteroatoms. The molecular formula is C8H7ClN2O2. The Bertz CT molecular complexity index is 379. The highest BCUT2D eigenvalue weighted by molar-refractivity contribution is 6.35. The van der Waals surface area contributed by atoms with E-state index in [-0.39, 0.29) is 12.6 Å². The SMILES string of the molecule is Nc1ccc2c(c1Cl)OCNC2=O. The van der Waals surface area contributed by atoms with E-state index in [1.165, 1.54) is 0 Å². The Morgan fingerprint density at radius 1 is 1.54 bits per heavy atom. The van der Waals surface area contributed by atoms with Gasteiger partial charge in [-0.2, -0.15) is 0 Å². The lowest BCUT2D eigenvalue weighted by molar-refractivity contribution is 0.0883. The maximum absolute atomic E-state index is 11.3. The van der Waals surface area contributed by atoms with Gasteiger partial charge in [0.05, 0.1) is 11.3 Å². The van der Waals surface area contributed by atoms with Gasteiger partial charge in [0.25, 0.3) is 5.91 Å². The summed E-state index contributed by atoms with van der Waals surface area (Å²) in [5.74, 6) is 0.175. The maximum Gasteiger partial charge on any atom is 0.257 e. The molecule has 0 atom stereocenters. The Balaban J connectivity index is 2.63. The number of nitrogens with two attached hydrogens (primary N) is 1. The summed E-state index contributed by atoms with van der Waals surface area (Å²) in [5, 5.41) is 2.82. The molecule has 0 aliphatic carbocycles. The highest BCUT2D eigenvalue weighted by Gasteiger charge is 2.21. The van der Waals surface area contributed by atoms with Crippen LogP contribution in [0.15, 0.2) is 12.1 Å². The van der Waals surface area contributed by atoms with Gasteiger partial charge >= 0.3 is 0 Å². The van der Waals surface area contributed by atoms with E-state index in [2.05, 4.69) is 5.32 Å². The molecule has 4 nitrogen and oxygen atoms in total. The average molecular weight is 199 g/mol. The van der Waals surface area contributed by atoms with Crippen molar-refractivity contribution >= 4 is 23.2 Å². The van der Waals surface area contributed by atoms with Gasteiger partial charge in [-0.15, -0.1) is 0 Å². The van der Waals surface area contributed by atoms with Crippen molar-refractivity contribution in [1.82, 2.24) is 5.32 Å². The summed E-state index contributed by atoms with van der Waals surface area (Å²) in [7, 11) is 0. The quantitative estimate of drug-likeness (QED) is 0.612. The van der Waals surface area contributed by atoms with Gasteiger partial charge in [-0.3, -0.25) is 4.79 Å². The molecule has 3 N–H and O–H groups in total. The van der Waals surface area contributed by atoms with Crippen LogP contribution < -0.4 is 15.8 Å². The first-order chi connectivity index (χ1) is 6.20. The van der Waals surface area contributed by atoms with Crippen molar-refractivity contribution in [3.05, 3.63) is 22.7 Å². The molecule has 0 radical (unpaired) electrons. The lowest BCUT2D eigenvalue weighted by Gasteiger charge is -2.19. The third-order valence-corrected chi connectivity index (χ3v) is 2.21. The van der Waals surface area contributed by atoms with Crippen LogP contribution in [0.5, 0.6) is 5.75 Å². The highest BCUT2D eigenvalue weighted by Crippen LogP contribution is 2.34. The van der Waals surface area contributed by atoms with Crippen molar-refractivity contribution in [2.45, 2.75) is 0 Å². The lowest BCUT2D eigenvalue weighted by atomic mass is 10.1. The molecule has 0 saturated heterocycles. The zero-order valence-corrected chi connectivity index (χ0v) is 7.39. The zero-order valence-electron chi connectivity index (χ0n) is 6.63. The molecule has 2 rings (SSSR count). The number of nitrogens with one attached hydrogen (secondary N) is 1. The van der Waals surface area contributed by atoms with Crippen molar-refractivity contribution in [2.75, 3.05) is 12.5 Å². The third kappa shape index (κ3) is 1.19. The summed E-state index contributed by atoms with van der Waals surface area (Å²) in [6, 6.07) is 3.17. The van der Waals surface area contributed by atoms with Gasteiger partial charge in [0.2, 0.25) is 0 Å². The van der Waals surface area contributed by atoms with Crippen molar-refractivity contribution < 1.29 is 9.53 Å². The molecule has 1 heterocycles. The zero-order chi connectivity index (χ0) is 9.42. The van der Waals surface area contributed by atoms with Crippen molar-refractivity contribution in [3.63, 3.8) is 0 Å². The van der Waals surface area contributed by atoms with Crippen LogP contribution in [0.25, 0.3) is 0 Å². The molecule has 1 aromatic carbocycles. The van der Waals surface area contributed by atoms with E-state index in [1.54, 1.807) is 12.1 Å². The molecule has 0 unspecified atom stereocenters. The Labute approximate surface area is 79.6 Å². The molecule has 0 aromatic heterocycles. The summed E-state index contributed by atoms with van der Waals surface area (Å²) in [6.45, 7) is 0.134. The minimum Gasteiger partial charge on any atom is -0.471 e. The van der Waals surface area contributed by atoms with Crippen LogP contribution in [0.2, 0.25) is 5.02 Å². The predicted octanol–water partition coefficient (Wildman–Crippen LogP) is 1.00. The Hall–Kier alpha value is -1.42. The van der Waals surface area contributed by atoms with Gasteiger partial charge in [0.1, 0.15) is 5.02 Å². The number of amides is 1. The minimum absolute atomic E-state index is 0.134. The number of benzene rings is 1. The van der Waals surface area contributed by atoms with E-state index in [4.69, 9.17) is 22.1 Å². The van der Waals surface area contributed by atoms with Crippen LogP contribution in [-0.4, -0.2) is 12.6 Å². The first-order valence-corrected chi connectivity index (χ1v) is 4.07. The van der Waals surface area contributed by atoms with Crippen molar-refractivity contribution in [3.8, 4) is 5.75 Å². The number of carbonyl (C=O) groups excluding carboxylic acids is 1. The van der Waals surface area contributed by atoms with Gasteiger partial charge in [-0.05, 0) is 12.1 Å². The fourth-order valence-electron chi connectivity index (χ4n) is 1.16. The number of hydrogen-bond acceptors (Lipinski definition) is 3. The highest BCUT2D eigenvalue weighted by atomic mass is 35.5. The summed E-state index contributed by atoms with van der Waals surface area (Å²) >= 11 is 5.85. The number of rotatable bonds is 0. The number of halogens is 1. The smallest absolute Gasteiger partial charge is 0.257 e. The van der Waals surface area contributed by atoms with Gasteiger partial charge in [0, 0.05) is 0 Å². The summed E-state index contributed by atoms with van der Waals surface area (Å²) in [5.41, 5.74) is 6.38. The molecule has 68 valence electrons. The van der Waals surface area contributed by atoms with Crippen molar-refractivity contribution in [1.29, 1.82) is 0 Å². The number of hydrogen-bond donors (Lipinski definition) is 2. The number of nitrogen functional groups attached to an aromatic ring is 1. The van der Waals surface area contributed by atoms with Gasteiger partial charge in [-0.1, -0.05) is 11.6 Å². The standard InChI is InChI=1S/C8H7ClN2O2/c9-6-5(10)2-1-4-7(6)13-3-11-8(4)12/h1-2H,3,10H2,(H,11,12). The number of carbonyl (C=O) groups is 1. The third-order valence-electron chi connectivity index (χ3n) is 1.82. The largest absolute Gasteiger partial charge is 0.471 e. The topological polar surface area (TPSA) is 64.3 Å². The molecule has 0 bridgehead atoms. The first-order valence-electron chi connectivity index (χ1n) is 3.69. The molecule has 1 aliphatic rings. The van der Waals surface area contributed by atoms with Crippen LogP contribution in [0.1, 0.15) is 10.4 Å². The number of fused-ring (bicyclic) bond motifs is 1. The molecular weight excluding hydrogens is 192 g/mol. The Morgan fingerprint density at radius 2 is 2.31 bits per heavy atom. The average Bonchev–Trinajstić information content (AvgIpc) is 2.12. The van der Waals surface area contributed by atoms with Crippen LogP contribution in [0.4, 0.5) is 5.69 Å². The van der Waals surface area contributed by atoms with E-state index in [9.17, 15) is 4.79 Å². The van der Waals surface area contributed by atoms with E-state index in [1.807, 2.05) is 0 Å². The molecule has 0 spiro atoms. The number of anilines is 1.